The Labute approximate surface area is 100 Å². The third kappa shape index (κ3) is 2.81. The Morgan fingerprint density at radius 1 is 1.20 bits per heavy atom. The van der Waals surface area contributed by atoms with Gasteiger partial charge in [-0.3, -0.25) is 0 Å². The van der Waals surface area contributed by atoms with Crippen LogP contribution in [0.3, 0.4) is 0 Å². The number of benzene rings is 1. The summed E-state index contributed by atoms with van der Waals surface area (Å²) >= 11 is 1.71. The molecule has 2 rings (SSSR count). The summed E-state index contributed by atoms with van der Waals surface area (Å²) < 4.78 is 0. The van der Waals surface area contributed by atoms with Gasteiger partial charge in [0.15, 0.2) is 0 Å². The zero-order valence-corrected chi connectivity index (χ0v) is 10.1. The van der Waals surface area contributed by atoms with Crippen LogP contribution in [-0.2, 0) is 0 Å². The van der Waals surface area contributed by atoms with Crippen molar-refractivity contribution in [3.63, 3.8) is 0 Å². The second kappa shape index (κ2) is 5.31. The van der Waals surface area contributed by atoms with Gasteiger partial charge in [-0.25, -0.2) is 0 Å². The Balaban J connectivity index is 0.00000112. The van der Waals surface area contributed by atoms with Crippen molar-refractivity contribution >= 4 is 23.7 Å². The summed E-state index contributed by atoms with van der Waals surface area (Å²) in [6, 6.07) is 12.5. The molecule has 1 atom stereocenters. The number of rotatable bonds is 2. The van der Waals surface area contributed by atoms with E-state index < -0.39 is 0 Å². The van der Waals surface area contributed by atoms with E-state index in [1.54, 1.807) is 11.3 Å². The Hall–Kier alpha value is -0.830. The fraction of sp³-hybridized carbons (Fsp3) is 0.167. The predicted octanol–water partition coefficient (Wildman–Crippen LogP) is 3.53. The summed E-state index contributed by atoms with van der Waals surface area (Å²) in [6.45, 7) is 2.09. The molecule has 1 aromatic heterocycles. The monoisotopic (exact) mass is 239 g/mol. The SMILES string of the molecule is Cc1cccc([C@@H](N)c2cccs2)c1.Cl. The van der Waals surface area contributed by atoms with Crippen LogP contribution in [0.4, 0.5) is 0 Å². The van der Waals surface area contributed by atoms with Crippen LogP contribution in [0.15, 0.2) is 41.8 Å². The lowest BCUT2D eigenvalue weighted by atomic mass is 10.0. The van der Waals surface area contributed by atoms with E-state index in [1.165, 1.54) is 16.0 Å². The first kappa shape index (κ1) is 12.2. The quantitative estimate of drug-likeness (QED) is 0.853. The first-order chi connectivity index (χ1) is 6.77. The fourth-order valence-corrected chi connectivity index (χ4v) is 2.25. The van der Waals surface area contributed by atoms with Gasteiger partial charge in [-0.15, -0.1) is 23.7 Å². The largest absolute Gasteiger partial charge is 0.320 e. The summed E-state index contributed by atoms with van der Waals surface area (Å²) in [6.07, 6.45) is 0. The Morgan fingerprint density at radius 2 is 2.00 bits per heavy atom. The number of thiophene rings is 1. The normalized spacial score (nSPS) is 11.9. The highest BCUT2D eigenvalue weighted by atomic mass is 35.5. The van der Waals surface area contributed by atoms with Crippen molar-refractivity contribution in [3.05, 3.63) is 57.8 Å². The number of halogens is 1. The maximum atomic E-state index is 6.14. The van der Waals surface area contributed by atoms with Gasteiger partial charge in [0.25, 0.3) is 0 Å². The zero-order valence-electron chi connectivity index (χ0n) is 8.51. The molecule has 0 aliphatic rings. The molecule has 3 heteroatoms. The number of hydrogen-bond acceptors (Lipinski definition) is 2. The van der Waals surface area contributed by atoms with Crippen LogP contribution in [-0.4, -0.2) is 0 Å². The molecule has 0 amide bonds. The van der Waals surface area contributed by atoms with Gasteiger partial charge in [0.1, 0.15) is 0 Å². The predicted molar refractivity (Wildman–Crippen MR) is 68.8 cm³/mol. The number of aryl methyl sites for hydroxylation is 1. The van der Waals surface area contributed by atoms with E-state index in [0.717, 1.165) is 0 Å². The molecule has 2 aromatic rings. The van der Waals surface area contributed by atoms with Gasteiger partial charge in [-0.2, -0.15) is 0 Å². The molecule has 1 nitrogen and oxygen atoms in total. The number of nitrogens with two attached hydrogens (primary N) is 1. The first-order valence-corrected chi connectivity index (χ1v) is 5.51. The molecular formula is C12H14ClNS. The van der Waals surface area contributed by atoms with E-state index in [1.807, 2.05) is 6.07 Å². The Bertz CT molecular complexity index is 411. The molecule has 0 spiro atoms. The lowest BCUT2D eigenvalue weighted by molar-refractivity contribution is 0.891. The maximum Gasteiger partial charge on any atom is 0.0646 e. The zero-order chi connectivity index (χ0) is 9.97. The summed E-state index contributed by atoms with van der Waals surface area (Å²) in [5, 5.41) is 2.06. The van der Waals surface area contributed by atoms with Crippen molar-refractivity contribution in [2.75, 3.05) is 0 Å². The molecule has 0 saturated carbocycles. The molecular weight excluding hydrogens is 226 g/mol. The van der Waals surface area contributed by atoms with Crippen LogP contribution in [0.2, 0.25) is 0 Å². The van der Waals surface area contributed by atoms with Crippen LogP contribution in [0.5, 0.6) is 0 Å². The van der Waals surface area contributed by atoms with Crippen molar-refractivity contribution in [1.82, 2.24) is 0 Å². The van der Waals surface area contributed by atoms with E-state index in [0.29, 0.717) is 0 Å². The van der Waals surface area contributed by atoms with Gasteiger partial charge in [-0.1, -0.05) is 35.9 Å². The minimum absolute atomic E-state index is 0. The van der Waals surface area contributed by atoms with Crippen molar-refractivity contribution in [2.24, 2.45) is 5.73 Å². The topological polar surface area (TPSA) is 26.0 Å². The maximum absolute atomic E-state index is 6.14. The second-order valence-electron chi connectivity index (χ2n) is 3.41. The summed E-state index contributed by atoms with van der Waals surface area (Å²) in [5.41, 5.74) is 8.59. The van der Waals surface area contributed by atoms with E-state index in [4.69, 9.17) is 5.73 Å². The van der Waals surface area contributed by atoms with Gasteiger partial charge in [0.2, 0.25) is 0 Å². The fourth-order valence-electron chi connectivity index (χ4n) is 1.50. The highest BCUT2D eigenvalue weighted by Gasteiger charge is 2.08. The summed E-state index contributed by atoms with van der Waals surface area (Å²) in [7, 11) is 0. The van der Waals surface area contributed by atoms with Crippen molar-refractivity contribution < 1.29 is 0 Å². The third-order valence-electron chi connectivity index (χ3n) is 2.25. The Kier molecular flexibility index (Phi) is 4.33. The van der Waals surface area contributed by atoms with Crippen LogP contribution in [0.1, 0.15) is 22.0 Å². The lowest BCUT2D eigenvalue weighted by Gasteiger charge is -2.10. The molecule has 0 bridgehead atoms. The van der Waals surface area contributed by atoms with Gasteiger partial charge in [0.05, 0.1) is 6.04 Å². The van der Waals surface area contributed by atoms with E-state index in [9.17, 15) is 0 Å². The summed E-state index contributed by atoms with van der Waals surface area (Å²) in [4.78, 5) is 1.22. The molecule has 80 valence electrons. The third-order valence-corrected chi connectivity index (χ3v) is 3.21. The van der Waals surface area contributed by atoms with Crippen molar-refractivity contribution in [3.8, 4) is 0 Å². The smallest absolute Gasteiger partial charge is 0.0646 e. The van der Waals surface area contributed by atoms with Crippen LogP contribution >= 0.6 is 23.7 Å². The van der Waals surface area contributed by atoms with Crippen molar-refractivity contribution in [1.29, 1.82) is 0 Å². The van der Waals surface area contributed by atoms with Gasteiger partial charge in [0, 0.05) is 4.88 Å². The molecule has 1 aromatic carbocycles. The van der Waals surface area contributed by atoms with Crippen molar-refractivity contribution in [2.45, 2.75) is 13.0 Å². The molecule has 0 saturated heterocycles. The molecule has 0 radical (unpaired) electrons. The standard InChI is InChI=1S/C12H13NS.ClH/c1-9-4-2-5-10(8-9)12(13)11-6-3-7-14-11;/h2-8,12H,13H2,1H3;1H/t12-;/m1./s1. The minimum Gasteiger partial charge on any atom is -0.320 e. The molecule has 0 aliphatic heterocycles. The summed E-state index contributed by atoms with van der Waals surface area (Å²) in [5.74, 6) is 0. The second-order valence-corrected chi connectivity index (χ2v) is 4.39. The molecule has 0 aliphatic carbocycles. The van der Waals surface area contributed by atoms with Crippen LogP contribution < -0.4 is 5.73 Å². The minimum atomic E-state index is 0. The van der Waals surface area contributed by atoms with E-state index in [2.05, 4.69) is 42.6 Å². The van der Waals surface area contributed by atoms with Gasteiger partial charge in [-0.05, 0) is 23.9 Å². The van der Waals surface area contributed by atoms with Gasteiger partial charge < -0.3 is 5.73 Å². The molecule has 15 heavy (non-hydrogen) atoms. The Morgan fingerprint density at radius 3 is 2.60 bits per heavy atom. The average molecular weight is 240 g/mol. The molecule has 1 heterocycles. The number of hydrogen-bond donors (Lipinski definition) is 1. The van der Waals surface area contributed by atoms with Crippen LogP contribution in [0.25, 0.3) is 0 Å². The molecule has 2 N–H and O–H groups in total. The average Bonchev–Trinajstić information content (AvgIpc) is 2.69. The highest BCUT2D eigenvalue weighted by Crippen LogP contribution is 2.23. The molecule has 0 unspecified atom stereocenters. The first-order valence-electron chi connectivity index (χ1n) is 4.63. The highest BCUT2D eigenvalue weighted by molar-refractivity contribution is 7.10. The van der Waals surface area contributed by atoms with Crippen LogP contribution in [0, 0.1) is 6.92 Å². The van der Waals surface area contributed by atoms with E-state index >= 15 is 0 Å². The van der Waals surface area contributed by atoms with Gasteiger partial charge >= 0.3 is 0 Å². The lowest BCUT2D eigenvalue weighted by Crippen LogP contribution is -2.09. The molecule has 0 fully saturated rings. The van der Waals surface area contributed by atoms with E-state index in [-0.39, 0.29) is 18.4 Å².